The third-order valence-corrected chi connectivity index (χ3v) is 6.93. The number of nitrogens with one attached hydrogen (secondary N) is 2. The molecule has 2 aromatic rings. The number of halogens is 3. The molecule has 1 unspecified atom stereocenters. The number of aliphatic hydroxyl groups is 1. The van der Waals surface area contributed by atoms with Gasteiger partial charge in [0.05, 0.1) is 0 Å². The standard InChI is InChI=1S/C24H32F3N3O4/c1-14-16(17-11-15(33-24(25,26)27)7-8-18(17)28-14)9-10-30-19(31)34-23(22(30,6)32)12-20(2,3)29-21(4,5)13-23/h7-8,11,28-29,32H,9-10,12-13H2,1-6H3. The zero-order chi connectivity index (χ0) is 25.3. The van der Waals surface area contributed by atoms with Crippen molar-refractivity contribution in [3.63, 3.8) is 0 Å². The number of benzene rings is 1. The van der Waals surface area contributed by atoms with Gasteiger partial charge in [-0.1, -0.05) is 0 Å². The van der Waals surface area contributed by atoms with E-state index in [2.05, 4.69) is 15.0 Å². The summed E-state index contributed by atoms with van der Waals surface area (Å²) in [5, 5.41) is 15.8. The van der Waals surface area contributed by atoms with Gasteiger partial charge in [-0.3, -0.25) is 4.90 Å². The summed E-state index contributed by atoms with van der Waals surface area (Å²) in [7, 11) is 0. The lowest BCUT2D eigenvalue weighted by Crippen LogP contribution is -2.70. The highest BCUT2D eigenvalue weighted by molar-refractivity contribution is 5.86. The van der Waals surface area contributed by atoms with Gasteiger partial charge in [0.2, 0.25) is 0 Å². The molecule has 3 heterocycles. The van der Waals surface area contributed by atoms with Gasteiger partial charge in [0.15, 0.2) is 11.3 Å². The molecule has 34 heavy (non-hydrogen) atoms. The number of H-pyrrole nitrogens is 1. The summed E-state index contributed by atoms with van der Waals surface area (Å²) in [6.07, 6.45) is -4.21. The van der Waals surface area contributed by atoms with E-state index >= 15 is 0 Å². The molecular weight excluding hydrogens is 451 g/mol. The lowest BCUT2D eigenvalue weighted by Gasteiger charge is -2.54. The summed E-state index contributed by atoms with van der Waals surface area (Å²) in [6.45, 7) is 11.6. The summed E-state index contributed by atoms with van der Waals surface area (Å²) < 4.78 is 48.0. The topological polar surface area (TPSA) is 86.8 Å². The second kappa shape index (κ2) is 7.52. The summed E-state index contributed by atoms with van der Waals surface area (Å²) in [6, 6.07) is 4.12. The van der Waals surface area contributed by atoms with Crippen LogP contribution in [-0.2, 0) is 11.2 Å². The zero-order valence-electron chi connectivity index (χ0n) is 20.3. The Labute approximate surface area is 196 Å². The van der Waals surface area contributed by atoms with Crippen LogP contribution in [0.2, 0.25) is 0 Å². The summed E-state index contributed by atoms with van der Waals surface area (Å²) in [5.74, 6) is -0.314. The van der Waals surface area contributed by atoms with Crippen molar-refractivity contribution < 1.29 is 32.5 Å². The summed E-state index contributed by atoms with van der Waals surface area (Å²) in [5.41, 5.74) is -1.22. The third-order valence-electron chi connectivity index (χ3n) is 6.93. The number of nitrogens with zero attached hydrogens (tertiary/aromatic N) is 1. The van der Waals surface area contributed by atoms with Crippen molar-refractivity contribution in [2.75, 3.05) is 6.54 Å². The number of ether oxygens (including phenoxy) is 2. The maximum atomic E-state index is 13.0. The summed E-state index contributed by atoms with van der Waals surface area (Å²) >= 11 is 0. The van der Waals surface area contributed by atoms with Crippen molar-refractivity contribution in [1.29, 1.82) is 0 Å². The average molecular weight is 484 g/mol. The molecule has 0 aliphatic carbocycles. The Bertz CT molecular complexity index is 1100. The third kappa shape index (κ3) is 4.33. The van der Waals surface area contributed by atoms with Crippen LogP contribution in [0.1, 0.15) is 58.7 Å². The molecule has 1 atom stereocenters. The fraction of sp³-hybridized carbons (Fsp3) is 0.625. The number of carbonyl (C=O) groups is 1. The minimum Gasteiger partial charge on any atom is -0.437 e. The van der Waals surface area contributed by atoms with Crippen molar-refractivity contribution >= 4 is 17.0 Å². The molecule has 3 N–H and O–H groups in total. The molecule has 2 saturated heterocycles. The summed E-state index contributed by atoms with van der Waals surface area (Å²) in [4.78, 5) is 17.5. The number of aromatic amines is 1. The quantitative estimate of drug-likeness (QED) is 0.584. The highest BCUT2D eigenvalue weighted by atomic mass is 19.4. The number of hydrogen-bond donors (Lipinski definition) is 3. The van der Waals surface area contributed by atoms with Crippen LogP contribution in [0.3, 0.4) is 0 Å². The Hall–Kier alpha value is -2.46. The van der Waals surface area contributed by atoms with Crippen LogP contribution in [0.5, 0.6) is 5.75 Å². The van der Waals surface area contributed by atoms with Crippen molar-refractivity contribution in [2.45, 2.75) is 89.6 Å². The van der Waals surface area contributed by atoms with Crippen molar-refractivity contribution in [3.05, 3.63) is 29.5 Å². The van der Waals surface area contributed by atoms with Crippen LogP contribution in [0.4, 0.5) is 18.0 Å². The molecule has 10 heteroatoms. The second-order valence-electron chi connectivity index (χ2n) is 11.0. The van der Waals surface area contributed by atoms with Crippen molar-refractivity contribution in [1.82, 2.24) is 15.2 Å². The fourth-order valence-electron chi connectivity index (χ4n) is 6.06. The van der Waals surface area contributed by atoms with Gasteiger partial charge in [0, 0.05) is 47.1 Å². The molecule has 7 nitrogen and oxygen atoms in total. The number of piperidine rings is 1. The maximum absolute atomic E-state index is 13.0. The highest BCUT2D eigenvalue weighted by Crippen LogP contribution is 2.50. The average Bonchev–Trinajstić information content (AvgIpc) is 3.00. The number of amides is 1. The van der Waals surface area contributed by atoms with E-state index in [1.807, 2.05) is 34.6 Å². The monoisotopic (exact) mass is 483 g/mol. The minimum absolute atomic E-state index is 0.139. The number of carbonyl (C=O) groups excluding carboxylic acids is 1. The van der Waals surface area contributed by atoms with Crippen LogP contribution >= 0.6 is 0 Å². The van der Waals surface area contributed by atoms with E-state index in [4.69, 9.17) is 4.74 Å². The Morgan fingerprint density at radius 1 is 1.15 bits per heavy atom. The van der Waals surface area contributed by atoms with E-state index in [1.54, 1.807) is 6.92 Å². The fourth-order valence-corrected chi connectivity index (χ4v) is 6.06. The van der Waals surface area contributed by atoms with Crippen molar-refractivity contribution in [2.24, 2.45) is 0 Å². The first kappa shape index (κ1) is 24.7. The molecule has 1 amide bonds. The predicted molar refractivity (Wildman–Crippen MR) is 120 cm³/mol. The molecule has 1 aromatic heterocycles. The number of hydrogen-bond acceptors (Lipinski definition) is 5. The molecule has 2 fully saturated rings. The minimum atomic E-state index is -4.79. The SMILES string of the molecule is Cc1[nH]c2ccc(OC(F)(F)F)cc2c1CCN1C(=O)OC2(CC(C)(C)NC(C)(C)C2)C1(C)O. The Morgan fingerprint density at radius 3 is 2.35 bits per heavy atom. The number of aromatic nitrogens is 1. The van der Waals surface area contributed by atoms with Crippen LogP contribution < -0.4 is 10.1 Å². The van der Waals surface area contributed by atoms with Gasteiger partial charge in [-0.05, 0) is 71.7 Å². The van der Waals surface area contributed by atoms with Crippen LogP contribution in [-0.4, -0.2) is 56.4 Å². The highest BCUT2D eigenvalue weighted by Gasteiger charge is 2.66. The van der Waals surface area contributed by atoms with Gasteiger partial charge < -0.3 is 24.9 Å². The molecule has 2 aliphatic heterocycles. The molecular formula is C24H32F3N3O4. The number of alkyl halides is 3. The molecule has 0 saturated carbocycles. The Balaban J connectivity index is 1.61. The first-order chi connectivity index (χ1) is 15.4. The van der Waals surface area contributed by atoms with Gasteiger partial charge >= 0.3 is 12.5 Å². The Kier molecular flexibility index (Phi) is 5.45. The van der Waals surface area contributed by atoms with E-state index < -0.39 is 23.8 Å². The van der Waals surface area contributed by atoms with Crippen molar-refractivity contribution in [3.8, 4) is 5.75 Å². The van der Waals surface area contributed by atoms with Crippen LogP contribution in [0.15, 0.2) is 18.2 Å². The van der Waals surface area contributed by atoms with Gasteiger partial charge in [-0.15, -0.1) is 13.2 Å². The predicted octanol–water partition coefficient (Wildman–Crippen LogP) is 4.76. The van der Waals surface area contributed by atoms with E-state index in [0.717, 1.165) is 11.3 Å². The van der Waals surface area contributed by atoms with Gasteiger partial charge in [0.1, 0.15) is 5.75 Å². The van der Waals surface area contributed by atoms with Crippen LogP contribution in [0, 0.1) is 6.92 Å². The molecule has 0 bridgehead atoms. The van der Waals surface area contributed by atoms with E-state index in [1.165, 1.54) is 23.1 Å². The zero-order valence-corrected chi connectivity index (χ0v) is 20.3. The molecule has 188 valence electrons. The lowest BCUT2D eigenvalue weighted by atomic mass is 9.68. The van der Waals surface area contributed by atoms with Gasteiger partial charge in [-0.25, -0.2) is 4.79 Å². The maximum Gasteiger partial charge on any atom is 0.573 e. The van der Waals surface area contributed by atoms with E-state index in [-0.39, 0.29) is 23.4 Å². The van der Waals surface area contributed by atoms with Gasteiger partial charge in [0.25, 0.3) is 0 Å². The normalized spacial score (nSPS) is 25.7. The lowest BCUT2D eigenvalue weighted by molar-refractivity contribution is -0.274. The first-order valence-electron chi connectivity index (χ1n) is 11.3. The molecule has 4 rings (SSSR count). The molecule has 1 aromatic carbocycles. The van der Waals surface area contributed by atoms with E-state index in [0.29, 0.717) is 30.2 Å². The largest absolute Gasteiger partial charge is 0.573 e. The Morgan fingerprint density at radius 2 is 1.76 bits per heavy atom. The molecule has 1 spiro atoms. The molecule has 0 radical (unpaired) electrons. The van der Waals surface area contributed by atoms with Gasteiger partial charge in [-0.2, -0.15) is 0 Å². The number of aryl methyl sites for hydroxylation is 1. The first-order valence-corrected chi connectivity index (χ1v) is 11.3. The smallest absolute Gasteiger partial charge is 0.437 e. The number of rotatable bonds is 4. The number of fused-ring (bicyclic) bond motifs is 1. The van der Waals surface area contributed by atoms with Crippen LogP contribution in [0.25, 0.3) is 10.9 Å². The second-order valence-corrected chi connectivity index (χ2v) is 11.0. The molecule has 2 aliphatic rings. The van der Waals surface area contributed by atoms with E-state index in [9.17, 15) is 23.1 Å².